The predicted molar refractivity (Wildman–Crippen MR) is 93.1 cm³/mol. The van der Waals surface area contributed by atoms with Gasteiger partial charge in [-0.15, -0.1) is 11.3 Å². The van der Waals surface area contributed by atoms with Gasteiger partial charge >= 0.3 is 0 Å². The van der Waals surface area contributed by atoms with Crippen LogP contribution in [0.4, 0.5) is 5.69 Å². The molecule has 0 saturated carbocycles. The van der Waals surface area contributed by atoms with Crippen molar-refractivity contribution in [2.45, 2.75) is 13.8 Å². The molecule has 0 spiro atoms. The number of nitrogens with one attached hydrogen (secondary N) is 1. The van der Waals surface area contributed by atoms with Crippen LogP contribution in [0.2, 0.25) is 0 Å². The molecule has 2 rings (SSSR count). The van der Waals surface area contributed by atoms with Gasteiger partial charge in [-0.1, -0.05) is 37.8 Å². The lowest BCUT2D eigenvalue weighted by Gasteiger charge is -2.07. The molecule has 4 heteroatoms. The Hall–Kier alpha value is -1.32. The van der Waals surface area contributed by atoms with Gasteiger partial charge in [0.1, 0.15) is 0 Å². The van der Waals surface area contributed by atoms with Crippen LogP contribution in [-0.2, 0) is 0 Å². The van der Waals surface area contributed by atoms with E-state index < -0.39 is 0 Å². The van der Waals surface area contributed by atoms with E-state index in [1.165, 1.54) is 0 Å². The molecule has 0 bridgehead atoms. The van der Waals surface area contributed by atoms with Crippen LogP contribution in [-0.4, -0.2) is 5.91 Å². The molecule has 0 unspecified atom stereocenters. The number of halogens is 1. The molecule has 0 aliphatic rings. The largest absolute Gasteiger partial charge is 0.321 e. The number of thiophene rings is 1. The molecule has 0 radical (unpaired) electrons. The average Bonchev–Trinajstić information content (AvgIpc) is 2.84. The van der Waals surface area contributed by atoms with Gasteiger partial charge in [-0.05, 0) is 46.2 Å². The second-order valence-electron chi connectivity index (χ2n) is 4.53. The summed E-state index contributed by atoms with van der Waals surface area (Å²) in [6, 6.07) is 9.46. The number of carbonyl (C=O) groups is 1. The van der Waals surface area contributed by atoms with Crippen LogP contribution in [0.5, 0.6) is 0 Å². The Labute approximate surface area is 136 Å². The van der Waals surface area contributed by atoms with Gasteiger partial charge in [-0.3, -0.25) is 4.79 Å². The van der Waals surface area contributed by atoms with Gasteiger partial charge in [0.2, 0.25) is 0 Å². The first kappa shape index (κ1) is 15.1. The zero-order valence-electron chi connectivity index (χ0n) is 11.2. The van der Waals surface area contributed by atoms with Crippen molar-refractivity contribution < 1.29 is 4.79 Å². The molecule has 2 aromatic rings. The second-order valence-corrected chi connectivity index (χ2v) is 7.26. The van der Waals surface area contributed by atoms with E-state index in [-0.39, 0.29) is 5.91 Å². The van der Waals surface area contributed by atoms with Gasteiger partial charge in [-0.25, -0.2) is 0 Å². The summed E-state index contributed by atoms with van der Waals surface area (Å²) < 4.78 is 0.992. The molecule has 0 aliphatic heterocycles. The van der Waals surface area contributed by atoms with E-state index in [9.17, 15) is 4.79 Å². The Morgan fingerprint density at radius 3 is 2.70 bits per heavy atom. The Morgan fingerprint density at radius 1 is 1.30 bits per heavy atom. The zero-order chi connectivity index (χ0) is 14.5. The summed E-state index contributed by atoms with van der Waals surface area (Å²) in [6.45, 7) is 4.09. The van der Waals surface area contributed by atoms with Gasteiger partial charge in [-0.2, -0.15) is 0 Å². The lowest BCUT2D eigenvalue weighted by Crippen LogP contribution is -2.12. The third-order valence-electron chi connectivity index (χ3n) is 2.53. The molecule has 0 fully saturated rings. The molecule has 1 N–H and O–H groups in total. The summed E-state index contributed by atoms with van der Waals surface area (Å²) in [5.41, 5.74) is 2.31. The molecule has 1 aromatic heterocycles. The van der Waals surface area contributed by atoms with E-state index >= 15 is 0 Å². The maximum absolute atomic E-state index is 12.2. The van der Waals surface area contributed by atoms with E-state index in [4.69, 9.17) is 0 Å². The summed E-state index contributed by atoms with van der Waals surface area (Å²) in [5, 5.41) is 4.86. The summed E-state index contributed by atoms with van der Waals surface area (Å²) >= 11 is 3.74. The van der Waals surface area contributed by atoms with E-state index in [2.05, 4.69) is 39.7 Å². The first-order valence-corrected chi connectivity index (χ1v) is 8.18. The highest BCUT2D eigenvalue weighted by molar-refractivity contribution is 14.1. The van der Waals surface area contributed by atoms with Crippen LogP contribution < -0.4 is 5.32 Å². The highest BCUT2D eigenvalue weighted by atomic mass is 127. The normalized spacial score (nSPS) is 10.0. The van der Waals surface area contributed by atoms with Gasteiger partial charge in [0.25, 0.3) is 5.91 Å². The summed E-state index contributed by atoms with van der Waals surface area (Å²) in [7, 11) is 0. The predicted octanol–water partition coefficient (Wildman–Crippen LogP) is 4.61. The number of rotatable bonds is 2. The molecule has 0 saturated heterocycles. The molecular weight excluding hydrogens is 381 g/mol. The van der Waals surface area contributed by atoms with Crippen molar-refractivity contribution >= 4 is 45.5 Å². The molecule has 1 amide bonds. The van der Waals surface area contributed by atoms with E-state index in [1.54, 1.807) is 11.3 Å². The Bertz CT molecular complexity index is 679. The standard InChI is InChI=1S/C16H14INOS/c1-11(2)7-8-12-5-3-4-6-14(12)18-16(19)13-9-10-20-15(13)17/h3-6,9-11H,1-2H3,(H,18,19). The summed E-state index contributed by atoms with van der Waals surface area (Å²) in [4.78, 5) is 12.2. The van der Waals surface area contributed by atoms with Gasteiger partial charge in [0, 0.05) is 11.5 Å². The van der Waals surface area contributed by atoms with Gasteiger partial charge in [0.15, 0.2) is 0 Å². The van der Waals surface area contributed by atoms with Crippen molar-refractivity contribution in [3.8, 4) is 11.8 Å². The number of carbonyl (C=O) groups excluding carboxylic acids is 1. The molecular formula is C16H14INOS. The Balaban J connectivity index is 2.25. The van der Waals surface area contributed by atoms with Crippen molar-refractivity contribution in [3.05, 3.63) is 49.7 Å². The third-order valence-corrected chi connectivity index (χ3v) is 4.58. The lowest BCUT2D eigenvalue weighted by atomic mass is 10.1. The quantitative estimate of drug-likeness (QED) is 0.584. The molecule has 2 nitrogen and oxygen atoms in total. The van der Waals surface area contributed by atoms with Crippen molar-refractivity contribution in [1.29, 1.82) is 0 Å². The molecule has 0 aliphatic carbocycles. The summed E-state index contributed by atoms with van der Waals surface area (Å²) in [5.74, 6) is 6.45. The number of anilines is 1. The van der Waals surface area contributed by atoms with Crippen LogP contribution in [0.15, 0.2) is 35.7 Å². The maximum atomic E-state index is 12.2. The molecule has 20 heavy (non-hydrogen) atoms. The average molecular weight is 395 g/mol. The van der Waals surface area contributed by atoms with Crippen molar-refractivity contribution in [2.75, 3.05) is 5.32 Å². The number of hydrogen-bond acceptors (Lipinski definition) is 2. The Morgan fingerprint density at radius 2 is 2.05 bits per heavy atom. The van der Waals surface area contributed by atoms with Crippen LogP contribution in [0.3, 0.4) is 0 Å². The molecule has 1 aromatic carbocycles. The first-order valence-electron chi connectivity index (χ1n) is 6.23. The fraction of sp³-hybridized carbons (Fsp3) is 0.188. The van der Waals surface area contributed by atoms with Crippen LogP contribution in [0.25, 0.3) is 0 Å². The van der Waals surface area contributed by atoms with Crippen LogP contribution in [0.1, 0.15) is 29.8 Å². The fourth-order valence-corrected chi connectivity index (χ4v) is 3.05. The first-order chi connectivity index (χ1) is 9.58. The number of amides is 1. The SMILES string of the molecule is CC(C)C#Cc1ccccc1NC(=O)c1ccsc1I. The van der Waals surface area contributed by atoms with Crippen molar-refractivity contribution in [2.24, 2.45) is 5.92 Å². The number of benzene rings is 1. The van der Waals surface area contributed by atoms with E-state index in [0.717, 1.165) is 14.1 Å². The van der Waals surface area contributed by atoms with Gasteiger partial charge < -0.3 is 5.32 Å². The number of para-hydroxylation sites is 1. The molecule has 1 heterocycles. The second kappa shape index (κ2) is 6.91. The minimum atomic E-state index is -0.0885. The smallest absolute Gasteiger partial charge is 0.257 e. The van der Waals surface area contributed by atoms with E-state index in [0.29, 0.717) is 11.5 Å². The van der Waals surface area contributed by atoms with Gasteiger partial charge in [0.05, 0.1) is 14.1 Å². The fourth-order valence-electron chi connectivity index (χ4n) is 1.57. The third kappa shape index (κ3) is 3.84. The minimum absolute atomic E-state index is 0.0885. The van der Waals surface area contributed by atoms with Crippen molar-refractivity contribution in [1.82, 2.24) is 0 Å². The Kier molecular flexibility index (Phi) is 5.21. The van der Waals surface area contributed by atoms with Crippen LogP contribution in [0, 0.1) is 20.6 Å². The number of hydrogen-bond donors (Lipinski definition) is 1. The lowest BCUT2D eigenvalue weighted by molar-refractivity contribution is 0.102. The monoisotopic (exact) mass is 395 g/mol. The maximum Gasteiger partial charge on any atom is 0.257 e. The topological polar surface area (TPSA) is 29.1 Å². The minimum Gasteiger partial charge on any atom is -0.321 e. The van der Waals surface area contributed by atoms with E-state index in [1.807, 2.05) is 49.6 Å². The molecule has 102 valence electrons. The molecule has 0 atom stereocenters. The van der Waals surface area contributed by atoms with Crippen LogP contribution >= 0.6 is 33.9 Å². The highest BCUT2D eigenvalue weighted by Crippen LogP contribution is 2.21. The zero-order valence-corrected chi connectivity index (χ0v) is 14.2. The van der Waals surface area contributed by atoms with Crippen molar-refractivity contribution in [3.63, 3.8) is 0 Å². The highest BCUT2D eigenvalue weighted by Gasteiger charge is 2.12. The summed E-state index contributed by atoms with van der Waals surface area (Å²) in [6.07, 6.45) is 0.